The van der Waals surface area contributed by atoms with Crippen molar-refractivity contribution in [2.24, 2.45) is 0 Å². The van der Waals surface area contributed by atoms with Gasteiger partial charge in [-0.15, -0.1) is 0 Å². The van der Waals surface area contributed by atoms with Crippen molar-refractivity contribution in [2.75, 3.05) is 13.2 Å². The number of unbranched alkanes of at least 4 members (excludes halogenated alkanes) is 2. The lowest BCUT2D eigenvalue weighted by atomic mass is 9.86. The highest BCUT2D eigenvalue weighted by Gasteiger charge is 2.35. The van der Waals surface area contributed by atoms with Crippen molar-refractivity contribution in [2.45, 2.75) is 51.0 Å². The van der Waals surface area contributed by atoms with Gasteiger partial charge in [-0.1, -0.05) is 19.9 Å². The Morgan fingerprint density at radius 3 is 2.71 bits per heavy atom. The van der Waals surface area contributed by atoms with Crippen LogP contribution in [0.5, 0.6) is 0 Å². The summed E-state index contributed by atoms with van der Waals surface area (Å²) in [7, 11) is 0. The van der Waals surface area contributed by atoms with Crippen LogP contribution in [-0.4, -0.2) is 18.8 Å². The smallest absolute Gasteiger partial charge is 0.0873 e. The SMILES string of the molecule is C=COCCCCCC1(CC)CCO1. The molecule has 1 atom stereocenters. The molecule has 2 heteroatoms. The first-order valence-electron chi connectivity index (χ1n) is 5.69. The molecule has 0 radical (unpaired) electrons. The predicted molar refractivity (Wildman–Crippen MR) is 58.2 cm³/mol. The molecule has 1 saturated heterocycles. The summed E-state index contributed by atoms with van der Waals surface area (Å²) in [4.78, 5) is 0. The second-order valence-corrected chi connectivity index (χ2v) is 3.98. The zero-order valence-electron chi connectivity index (χ0n) is 9.26. The zero-order valence-corrected chi connectivity index (χ0v) is 9.26. The van der Waals surface area contributed by atoms with Gasteiger partial charge in [0.15, 0.2) is 0 Å². The van der Waals surface area contributed by atoms with Crippen molar-refractivity contribution in [3.05, 3.63) is 12.8 Å². The molecule has 14 heavy (non-hydrogen) atoms. The fourth-order valence-electron chi connectivity index (χ4n) is 1.94. The van der Waals surface area contributed by atoms with Gasteiger partial charge in [0.25, 0.3) is 0 Å². The molecule has 0 amide bonds. The van der Waals surface area contributed by atoms with E-state index in [0.717, 1.165) is 26.1 Å². The summed E-state index contributed by atoms with van der Waals surface area (Å²) < 4.78 is 10.7. The van der Waals surface area contributed by atoms with E-state index in [1.54, 1.807) is 0 Å². The van der Waals surface area contributed by atoms with Gasteiger partial charge < -0.3 is 9.47 Å². The lowest BCUT2D eigenvalue weighted by molar-refractivity contribution is -0.154. The molecule has 82 valence electrons. The van der Waals surface area contributed by atoms with Gasteiger partial charge in [-0.3, -0.25) is 0 Å². The van der Waals surface area contributed by atoms with E-state index in [-0.39, 0.29) is 5.60 Å². The third kappa shape index (κ3) is 3.33. The Balaban J connectivity index is 1.95. The standard InChI is InChI=1S/C12H22O2/c1-3-12(9-11-14-12)8-6-5-7-10-13-4-2/h4H,2-3,5-11H2,1H3. The molecule has 0 aromatic carbocycles. The Bertz CT molecular complexity index is 156. The summed E-state index contributed by atoms with van der Waals surface area (Å²) >= 11 is 0. The third-order valence-electron chi connectivity index (χ3n) is 3.12. The predicted octanol–water partition coefficient (Wildman–Crippen LogP) is 3.28. The summed E-state index contributed by atoms with van der Waals surface area (Å²) in [5, 5.41) is 0. The highest BCUT2D eigenvalue weighted by molar-refractivity contribution is 4.85. The summed E-state index contributed by atoms with van der Waals surface area (Å²) in [5.41, 5.74) is 0.249. The van der Waals surface area contributed by atoms with E-state index < -0.39 is 0 Å². The quantitative estimate of drug-likeness (QED) is 0.440. The molecule has 0 saturated carbocycles. The number of hydrogen-bond donors (Lipinski definition) is 0. The Labute approximate surface area is 87.3 Å². The maximum Gasteiger partial charge on any atom is 0.0873 e. The van der Waals surface area contributed by atoms with Gasteiger partial charge in [-0.2, -0.15) is 0 Å². The molecule has 1 fully saturated rings. The van der Waals surface area contributed by atoms with Gasteiger partial charge in [0.05, 0.1) is 25.1 Å². The van der Waals surface area contributed by atoms with Crippen molar-refractivity contribution in [3.63, 3.8) is 0 Å². The van der Waals surface area contributed by atoms with Crippen molar-refractivity contribution in [1.29, 1.82) is 0 Å². The summed E-state index contributed by atoms with van der Waals surface area (Å²) in [6.45, 7) is 7.51. The lowest BCUT2D eigenvalue weighted by Crippen LogP contribution is -2.42. The Morgan fingerprint density at radius 2 is 2.21 bits per heavy atom. The maximum absolute atomic E-state index is 5.65. The van der Waals surface area contributed by atoms with E-state index in [9.17, 15) is 0 Å². The van der Waals surface area contributed by atoms with E-state index in [1.165, 1.54) is 31.9 Å². The van der Waals surface area contributed by atoms with E-state index in [2.05, 4.69) is 13.5 Å². The molecule has 0 aromatic heterocycles. The van der Waals surface area contributed by atoms with Crippen molar-refractivity contribution >= 4 is 0 Å². The van der Waals surface area contributed by atoms with Crippen molar-refractivity contribution < 1.29 is 9.47 Å². The van der Waals surface area contributed by atoms with Gasteiger partial charge in [0.2, 0.25) is 0 Å². The lowest BCUT2D eigenvalue weighted by Gasteiger charge is -2.41. The van der Waals surface area contributed by atoms with Crippen LogP contribution in [0.25, 0.3) is 0 Å². The van der Waals surface area contributed by atoms with Crippen LogP contribution in [0.4, 0.5) is 0 Å². The molecule has 0 aromatic rings. The van der Waals surface area contributed by atoms with Crippen LogP contribution in [0.15, 0.2) is 12.8 Å². The average molecular weight is 198 g/mol. The van der Waals surface area contributed by atoms with Gasteiger partial charge >= 0.3 is 0 Å². The first kappa shape index (κ1) is 11.6. The van der Waals surface area contributed by atoms with E-state index in [0.29, 0.717) is 0 Å². The number of rotatable bonds is 8. The van der Waals surface area contributed by atoms with Crippen LogP contribution < -0.4 is 0 Å². The minimum atomic E-state index is 0.249. The second kappa shape index (κ2) is 6.07. The first-order chi connectivity index (χ1) is 6.83. The molecule has 1 unspecified atom stereocenters. The summed E-state index contributed by atoms with van der Waals surface area (Å²) in [6.07, 6.45) is 8.78. The Kier molecular flexibility index (Phi) is 5.02. The molecule has 1 heterocycles. The molecule has 1 rings (SSSR count). The largest absolute Gasteiger partial charge is 0.502 e. The number of ether oxygens (including phenoxy) is 2. The second-order valence-electron chi connectivity index (χ2n) is 3.98. The zero-order chi connectivity index (χ0) is 10.3. The van der Waals surface area contributed by atoms with Crippen molar-refractivity contribution in [3.8, 4) is 0 Å². The van der Waals surface area contributed by atoms with Gasteiger partial charge in [-0.05, 0) is 32.1 Å². The Hall–Kier alpha value is -0.500. The van der Waals surface area contributed by atoms with Crippen LogP contribution >= 0.6 is 0 Å². The van der Waals surface area contributed by atoms with Crippen molar-refractivity contribution in [1.82, 2.24) is 0 Å². The molecule has 0 N–H and O–H groups in total. The molecule has 0 aliphatic carbocycles. The average Bonchev–Trinajstić information content (AvgIpc) is 2.15. The fourth-order valence-corrected chi connectivity index (χ4v) is 1.94. The molecule has 1 aliphatic heterocycles. The molecule has 2 nitrogen and oxygen atoms in total. The molecular weight excluding hydrogens is 176 g/mol. The van der Waals surface area contributed by atoms with E-state index >= 15 is 0 Å². The number of hydrogen-bond acceptors (Lipinski definition) is 2. The fraction of sp³-hybridized carbons (Fsp3) is 0.833. The summed E-state index contributed by atoms with van der Waals surface area (Å²) in [5.74, 6) is 0. The maximum atomic E-state index is 5.65. The molecule has 0 spiro atoms. The van der Waals surface area contributed by atoms with Crippen LogP contribution in [0.3, 0.4) is 0 Å². The van der Waals surface area contributed by atoms with Crippen LogP contribution in [-0.2, 0) is 9.47 Å². The molecular formula is C12H22O2. The van der Waals surface area contributed by atoms with Gasteiger partial charge in [-0.25, -0.2) is 0 Å². The van der Waals surface area contributed by atoms with E-state index in [1.807, 2.05) is 0 Å². The molecule has 0 bridgehead atoms. The topological polar surface area (TPSA) is 18.5 Å². The highest BCUT2D eigenvalue weighted by Crippen LogP contribution is 2.34. The Morgan fingerprint density at radius 1 is 1.43 bits per heavy atom. The third-order valence-corrected chi connectivity index (χ3v) is 3.12. The molecule has 1 aliphatic rings. The van der Waals surface area contributed by atoms with Gasteiger partial charge in [0.1, 0.15) is 0 Å². The van der Waals surface area contributed by atoms with E-state index in [4.69, 9.17) is 9.47 Å². The minimum Gasteiger partial charge on any atom is -0.502 e. The highest BCUT2D eigenvalue weighted by atomic mass is 16.5. The monoisotopic (exact) mass is 198 g/mol. The van der Waals surface area contributed by atoms with Gasteiger partial charge in [0, 0.05) is 0 Å². The first-order valence-corrected chi connectivity index (χ1v) is 5.69. The van der Waals surface area contributed by atoms with Crippen LogP contribution in [0.2, 0.25) is 0 Å². The van der Waals surface area contributed by atoms with Crippen LogP contribution in [0, 0.1) is 0 Å². The minimum absolute atomic E-state index is 0.249. The van der Waals surface area contributed by atoms with Crippen LogP contribution in [0.1, 0.15) is 45.4 Å². The normalized spacial score (nSPS) is 25.5. The summed E-state index contributed by atoms with van der Waals surface area (Å²) in [6, 6.07) is 0.